The number of carbonyl (C=O) groups excluding carboxylic acids is 1. The van der Waals surface area contributed by atoms with Crippen LogP contribution in [0.5, 0.6) is 0 Å². The highest BCUT2D eigenvalue weighted by molar-refractivity contribution is 6.01. The van der Waals surface area contributed by atoms with Crippen molar-refractivity contribution in [1.82, 2.24) is 30.5 Å². The van der Waals surface area contributed by atoms with Gasteiger partial charge in [0.25, 0.3) is 0 Å². The molecule has 0 aliphatic carbocycles. The highest BCUT2D eigenvalue weighted by atomic mass is 19.1. The van der Waals surface area contributed by atoms with E-state index in [4.69, 9.17) is 0 Å². The summed E-state index contributed by atoms with van der Waals surface area (Å²) in [5, 5.41) is 15.9. The summed E-state index contributed by atoms with van der Waals surface area (Å²) < 4.78 is 14.0. The number of hydrogen-bond acceptors (Lipinski definition) is 5. The third-order valence-corrected chi connectivity index (χ3v) is 7.77. The van der Waals surface area contributed by atoms with E-state index in [0.717, 1.165) is 75.9 Å². The molecule has 1 saturated heterocycles. The fourth-order valence-electron chi connectivity index (χ4n) is 5.69. The van der Waals surface area contributed by atoms with Crippen LogP contribution in [-0.2, 0) is 4.79 Å². The lowest BCUT2D eigenvalue weighted by atomic mass is 9.94. The number of piperidine rings is 1. The molecule has 0 atom stereocenters. The van der Waals surface area contributed by atoms with E-state index >= 15 is 0 Å². The van der Waals surface area contributed by atoms with Crippen LogP contribution in [0.3, 0.4) is 0 Å². The lowest BCUT2D eigenvalue weighted by molar-refractivity contribution is -0.117. The minimum absolute atomic E-state index is 0.0217. The summed E-state index contributed by atoms with van der Waals surface area (Å²) in [4.78, 5) is 25.0. The van der Waals surface area contributed by atoms with Crippen molar-refractivity contribution < 1.29 is 9.18 Å². The number of carbonyl (C=O) groups is 1. The number of anilines is 1. The summed E-state index contributed by atoms with van der Waals surface area (Å²) in [5.74, 6) is 0.154. The van der Waals surface area contributed by atoms with E-state index in [9.17, 15) is 9.18 Å². The molecule has 0 unspecified atom stereocenters. The van der Waals surface area contributed by atoms with Gasteiger partial charge < -0.3 is 15.6 Å². The van der Waals surface area contributed by atoms with Gasteiger partial charge in [-0.1, -0.05) is 18.2 Å². The minimum Gasteiger partial charge on any atom is -0.338 e. The molecule has 1 amide bonds. The summed E-state index contributed by atoms with van der Waals surface area (Å²) in [6.45, 7) is 1.94. The number of aromatic nitrogens is 5. The molecular formula is C32H28FN7O. The molecule has 4 aromatic heterocycles. The molecule has 1 fully saturated rings. The SMILES string of the molecule is O=C(CC1CCNCC1)Nc1cncc(-c2ccc3[nH]nc(-c4cc5c(-c6cccc(F)c6)ccnc5[nH]4)c3c2)c1. The number of rotatable bonds is 6. The zero-order valence-corrected chi connectivity index (χ0v) is 22.2. The van der Waals surface area contributed by atoms with E-state index in [0.29, 0.717) is 23.7 Å². The maximum absolute atomic E-state index is 14.0. The Hall–Kier alpha value is -4.89. The second-order valence-corrected chi connectivity index (χ2v) is 10.6. The van der Waals surface area contributed by atoms with Gasteiger partial charge in [0, 0.05) is 35.2 Å². The first-order chi connectivity index (χ1) is 20.1. The number of H-pyrrole nitrogens is 2. The third-order valence-electron chi connectivity index (χ3n) is 7.77. The molecule has 8 nitrogen and oxygen atoms in total. The Morgan fingerprint density at radius 2 is 1.85 bits per heavy atom. The summed E-state index contributed by atoms with van der Waals surface area (Å²) in [6, 6.07) is 18.5. The van der Waals surface area contributed by atoms with Crippen LogP contribution >= 0.6 is 0 Å². The van der Waals surface area contributed by atoms with Crippen molar-refractivity contribution in [2.75, 3.05) is 18.4 Å². The summed E-state index contributed by atoms with van der Waals surface area (Å²) in [7, 11) is 0. The maximum atomic E-state index is 14.0. The molecule has 9 heteroatoms. The molecular weight excluding hydrogens is 517 g/mol. The van der Waals surface area contributed by atoms with E-state index in [2.05, 4.69) is 41.8 Å². The number of halogens is 1. The Labute approximate surface area is 235 Å². The molecule has 7 rings (SSSR count). The van der Waals surface area contributed by atoms with E-state index < -0.39 is 0 Å². The smallest absolute Gasteiger partial charge is 0.224 e. The molecule has 204 valence electrons. The van der Waals surface area contributed by atoms with Gasteiger partial charge in [-0.25, -0.2) is 9.37 Å². The monoisotopic (exact) mass is 545 g/mol. The van der Waals surface area contributed by atoms with Crippen molar-refractivity contribution in [2.24, 2.45) is 5.92 Å². The second kappa shape index (κ2) is 10.6. The number of benzene rings is 2. The highest BCUT2D eigenvalue weighted by Crippen LogP contribution is 2.35. The van der Waals surface area contributed by atoms with E-state index in [-0.39, 0.29) is 11.7 Å². The number of pyridine rings is 2. The van der Waals surface area contributed by atoms with Crippen LogP contribution in [0.1, 0.15) is 19.3 Å². The summed E-state index contributed by atoms with van der Waals surface area (Å²) in [5.41, 5.74) is 7.35. The third kappa shape index (κ3) is 5.07. The van der Waals surface area contributed by atoms with Gasteiger partial charge in [-0.05, 0) is 91.0 Å². The average molecular weight is 546 g/mol. The summed E-state index contributed by atoms with van der Waals surface area (Å²) >= 11 is 0. The van der Waals surface area contributed by atoms with Gasteiger partial charge in [0.15, 0.2) is 0 Å². The number of fused-ring (bicyclic) bond motifs is 2. The van der Waals surface area contributed by atoms with Gasteiger partial charge >= 0.3 is 0 Å². The van der Waals surface area contributed by atoms with Gasteiger partial charge in [-0.3, -0.25) is 14.9 Å². The average Bonchev–Trinajstić information content (AvgIpc) is 3.61. The van der Waals surface area contributed by atoms with Gasteiger partial charge in [0.2, 0.25) is 5.91 Å². The van der Waals surface area contributed by atoms with Gasteiger partial charge in [0.05, 0.1) is 23.1 Å². The van der Waals surface area contributed by atoms with Crippen molar-refractivity contribution >= 4 is 33.5 Å². The van der Waals surface area contributed by atoms with E-state index in [1.807, 2.05) is 36.4 Å². The van der Waals surface area contributed by atoms with Crippen molar-refractivity contribution in [3.63, 3.8) is 0 Å². The zero-order chi connectivity index (χ0) is 27.8. The lowest BCUT2D eigenvalue weighted by Crippen LogP contribution is -2.30. The van der Waals surface area contributed by atoms with Crippen LogP contribution < -0.4 is 10.6 Å². The molecule has 5 heterocycles. The van der Waals surface area contributed by atoms with Crippen LogP contribution in [0.15, 0.2) is 79.3 Å². The standard InChI is InChI=1S/C32H28FN7O/c33-23-3-1-2-21(13-23)25-8-11-36-32-26(25)16-29(38-32)31-27-15-20(4-5-28(27)39-40-31)22-14-24(18-35-17-22)37-30(41)12-19-6-9-34-10-7-19/h1-5,8,11,13-19,34H,6-7,9-10,12H2,(H,36,38)(H,37,41)(H,39,40). The molecule has 6 aromatic rings. The number of amides is 1. The fourth-order valence-corrected chi connectivity index (χ4v) is 5.69. The van der Waals surface area contributed by atoms with Crippen molar-refractivity contribution in [3.8, 4) is 33.6 Å². The molecule has 0 spiro atoms. The largest absolute Gasteiger partial charge is 0.338 e. The van der Waals surface area contributed by atoms with Crippen molar-refractivity contribution in [1.29, 1.82) is 0 Å². The lowest BCUT2D eigenvalue weighted by Gasteiger charge is -2.21. The van der Waals surface area contributed by atoms with Crippen molar-refractivity contribution in [2.45, 2.75) is 19.3 Å². The topological polar surface area (TPSA) is 111 Å². The first-order valence-corrected chi connectivity index (χ1v) is 13.8. The quantitative estimate of drug-likeness (QED) is 0.196. The number of hydrogen-bond donors (Lipinski definition) is 4. The van der Waals surface area contributed by atoms with Crippen molar-refractivity contribution in [3.05, 3.63) is 85.1 Å². The first kappa shape index (κ1) is 25.1. The van der Waals surface area contributed by atoms with Crippen LogP contribution in [-0.4, -0.2) is 44.1 Å². The molecule has 4 N–H and O–H groups in total. The minimum atomic E-state index is -0.283. The molecule has 2 aromatic carbocycles. The normalized spacial score (nSPS) is 14.1. The number of nitrogens with one attached hydrogen (secondary N) is 4. The first-order valence-electron chi connectivity index (χ1n) is 13.8. The Morgan fingerprint density at radius 1 is 0.951 bits per heavy atom. The Morgan fingerprint density at radius 3 is 2.73 bits per heavy atom. The van der Waals surface area contributed by atoms with E-state index in [1.165, 1.54) is 12.1 Å². The number of nitrogens with zero attached hydrogens (tertiary/aromatic N) is 3. The Balaban J connectivity index is 1.19. The highest BCUT2D eigenvalue weighted by Gasteiger charge is 2.18. The van der Waals surface area contributed by atoms with Crippen LogP contribution in [0.2, 0.25) is 0 Å². The molecule has 1 aliphatic heterocycles. The molecule has 0 saturated carbocycles. The summed E-state index contributed by atoms with van der Waals surface area (Å²) in [6.07, 6.45) is 7.76. The maximum Gasteiger partial charge on any atom is 0.224 e. The zero-order valence-electron chi connectivity index (χ0n) is 22.2. The predicted molar refractivity (Wildman–Crippen MR) is 159 cm³/mol. The van der Waals surface area contributed by atoms with Gasteiger partial charge in [0.1, 0.15) is 17.2 Å². The predicted octanol–water partition coefficient (Wildman–Crippen LogP) is 6.30. The molecule has 0 bridgehead atoms. The van der Waals surface area contributed by atoms with Gasteiger partial charge in [-0.2, -0.15) is 5.10 Å². The van der Waals surface area contributed by atoms with Crippen LogP contribution in [0, 0.1) is 11.7 Å². The fraction of sp³-hybridized carbons (Fsp3) is 0.188. The molecule has 0 radical (unpaired) electrons. The van der Waals surface area contributed by atoms with Crippen LogP contribution in [0.25, 0.3) is 55.6 Å². The number of aromatic amines is 2. The molecule has 41 heavy (non-hydrogen) atoms. The van der Waals surface area contributed by atoms with E-state index in [1.54, 1.807) is 24.7 Å². The Kier molecular flexibility index (Phi) is 6.48. The van der Waals surface area contributed by atoms with Gasteiger partial charge in [-0.15, -0.1) is 0 Å². The van der Waals surface area contributed by atoms with Crippen LogP contribution in [0.4, 0.5) is 10.1 Å². The molecule has 1 aliphatic rings. The second-order valence-electron chi connectivity index (χ2n) is 10.6. The Bertz CT molecular complexity index is 1890.